The zero-order valence-corrected chi connectivity index (χ0v) is 18.3. The van der Waals surface area contributed by atoms with Crippen LogP contribution in [0.4, 0.5) is 5.69 Å². The summed E-state index contributed by atoms with van der Waals surface area (Å²) in [5, 5.41) is 0. The Morgan fingerprint density at radius 3 is 2.30 bits per heavy atom. The molecular weight excluding hydrogens is 378 g/mol. The maximum atomic E-state index is 13.3. The molecule has 30 heavy (non-hydrogen) atoms. The van der Waals surface area contributed by atoms with Crippen molar-refractivity contribution in [3.05, 3.63) is 69.1 Å². The standard InChI is InChI=1S/C24H27N3O3/c1-14-8-7-9-15(2)23(14)25-22-13-19-18-12-21(30-6)20(29-5)11-17(18)10-16(3)27(19)24(28)26(22)4/h7-9,11-13,16H,10H2,1-6H3/t16-/m0/s1. The summed E-state index contributed by atoms with van der Waals surface area (Å²) in [7, 11) is 5.03. The Labute approximate surface area is 176 Å². The highest BCUT2D eigenvalue weighted by molar-refractivity contribution is 5.70. The Hall–Kier alpha value is -3.28. The number of para-hydroxylation sites is 1. The van der Waals surface area contributed by atoms with Gasteiger partial charge >= 0.3 is 5.69 Å². The summed E-state index contributed by atoms with van der Waals surface area (Å²) in [6.45, 7) is 6.13. The maximum Gasteiger partial charge on any atom is 0.330 e. The first-order chi connectivity index (χ1) is 14.3. The molecule has 0 fully saturated rings. The van der Waals surface area contributed by atoms with Crippen molar-refractivity contribution < 1.29 is 9.47 Å². The zero-order chi connectivity index (χ0) is 21.6. The Bertz CT molecular complexity index is 1250. The van der Waals surface area contributed by atoms with E-state index in [0.717, 1.165) is 40.1 Å². The molecule has 1 atom stereocenters. The molecule has 0 unspecified atom stereocenters. The molecule has 0 amide bonds. The normalized spacial score (nSPS) is 15.5. The SMILES string of the molecule is COc1cc2c(cc1OC)-c1cc(=Nc3c(C)cccc3C)n(C)c(=O)n1[C@@H](C)C2. The molecular formula is C24H27N3O3. The Morgan fingerprint density at radius 2 is 1.67 bits per heavy atom. The summed E-state index contributed by atoms with van der Waals surface area (Å²) >= 11 is 0. The quantitative estimate of drug-likeness (QED) is 0.665. The number of rotatable bonds is 3. The first kappa shape index (κ1) is 20.0. The lowest BCUT2D eigenvalue weighted by molar-refractivity contribution is 0.354. The van der Waals surface area contributed by atoms with Crippen LogP contribution in [0.2, 0.25) is 0 Å². The molecule has 0 saturated carbocycles. The van der Waals surface area contributed by atoms with Gasteiger partial charge in [0.2, 0.25) is 0 Å². The van der Waals surface area contributed by atoms with Gasteiger partial charge in [-0.15, -0.1) is 0 Å². The van der Waals surface area contributed by atoms with Crippen LogP contribution in [0, 0.1) is 13.8 Å². The fraction of sp³-hybridized carbons (Fsp3) is 0.333. The fourth-order valence-corrected chi connectivity index (χ4v) is 4.23. The molecule has 0 N–H and O–H groups in total. The minimum absolute atomic E-state index is 0.0264. The lowest BCUT2D eigenvalue weighted by atomic mass is 9.93. The van der Waals surface area contributed by atoms with E-state index in [4.69, 9.17) is 14.5 Å². The van der Waals surface area contributed by atoms with Crippen molar-refractivity contribution in [3.63, 3.8) is 0 Å². The molecule has 156 valence electrons. The van der Waals surface area contributed by atoms with Gasteiger partial charge in [0.25, 0.3) is 0 Å². The number of benzene rings is 2. The molecule has 1 aliphatic rings. The van der Waals surface area contributed by atoms with Gasteiger partial charge in [0.15, 0.2) is 11.5 Å². The van der Waals surface area contributed by atoms with Gasteiger partial charge < -0.3 is 9.47 Å². The van der Waals surface area contributed by atoms with Gasteiger partial charge in [-0.05, 0) is 56.0 Å². The Kier molecular flexibility index (Phi) is 5.02. The molecule has 1 aliphatic heterocycles. The molecule has 0 aliphatic carbocycles. The van der Waals surface area contributed by atoms with Crippen LogP contribution >= 0.6 is 0 Å². The molecule has 2 aromatic carbocycles. The smallest absolute Gasteiger partial charge is 0.330 e. The number of aryl methyl sites for hydroxylation is 2. The van der Waals surface area contributed by atoms with Crippen LogP contribution in [0.5, 0.6) is 11.5 Å². The molecule has 1 aromatic heterocycles. The lowest BCUT2D eigenvalue weighted by Gasteiger charge is -2.28. The van der Waals surface area contributed by atoms with E-state index in [1.807, 2.05) is 54.8 Å². The summed E-state index contributed by atoms with van der Waals surface area (Å²) in [5.41, 5.74) is 6.55. The molecule has 3 aromatic rings. The van der Waals surface area contributed by atoms with Crippen molar-refractivity contribution in [2.75, 3.05) is 14.2 Å². The van der Waals surface area contributed by atoms with Crippen LogP contribution in [-0.4, -0.2) is 23.4 Å². The van der Waals surface area contributed by atoms with Gasteiger partial charge in [-0.1, -0.05) is 18.2 Å². The van der Waals surface area contributed by atoms with Gasteiger partial charge in [0, 0.05) is 24.7 Å². The monoisotopic (exact) mass is 405 g/mol. The third kappa shape index (κ3) is 3.12. The molecule has 0 radical (unpaired) electrons. The summed E-state index contributed by atoms with van der Waals surface area (Å²) < 4.78 is 14.5. The van der Waals surface area contributed by atoms with Crippen LogP contribution < -0.4 is 20.7 Å². The minimum Gasteiger partial charge on any atom is -0.493 e. The highest BCUT2D eigenvalue weighted by Gasteiger charge is 2.26. The van der Waals surface area contributed by atoms with Crippen LogP contribution in [-0.2, 0) is 13.5 Å². The Balaban J connectivity index is 2.04. The van der Waals surface area contributed by atoms with Crippen LogP contribution in [0.15, 0.2) is 46.2 Å². The third-order valence-corrected chi connectivity index (χ3v) is 5.87. The number of methoxy groups -OCH3 is 2. The summed E-state index contributed by atoms with van der Waals surface area (Å²) in [6, 6.07) is 12.1. The van der Waals surface area contributed by atoms with E-state index in [2.05, 4.69) is 6.92 Å². The molecule has 2 heterocycles. The van der Waals surface area contributed by atoms with E-state index >= 15 is 0 Å². The van der Waals surface area contributed by atoms with Crippen LogP contribution in [0.3, 0.4) is 0 Å². The van der Waals surface area contributed by atoms with Crippen LogP contribution in [0.1, 0.15) is 29.7 Å². The molecule has 6 heteroatoms. The van der Waals surface area contributed by atoms with E-state index in [9.17, 15) is 4.79 Å². The Morgan fingerprint density at radius 1 is 1.03 bits per heavy atom. The van der Waals surface area contributed by atoms with Gasteiger partial charge in [-0.2, -0.15) is 0 Å². The van der Waals surface area contributed by atoms with Crippen molar-refractivity contribution in [3.8, 4) is 22.8 Å². The van der Waals surface area contributed by atoms with E-state index in [1.54, 1.807) is 25.8 Å². The number of nitrogens with zero attached hydrogens (tertiary/aromatic N) is 3. The molecule has 4 rings (SSSR count). The van der Waals surface area contributed by atoms with E-state index in [0.29, 0.717) is 17.0 Å². The molecule has 6 nitrogen and oxygen atoms in total. The van der Waals surface area contributed by atoms with Gasteiger partial charge in [0.05, 0.1) is 25.6 Å². The third-order valence-electron chi connectivity index (χ3n) is 5.87. The lowest BCUT2D eigenvalue weighted by Crippen LogP contribution is -2.41. The fourth-order valence-electron chi connectivity index (χ4n) is 4.23. The highest BCUT2D eigenvalue weighted by Crippen LogP contribution is 2.39. The second kappa shape index (κ2) is 7.52. The number of aromatic nitrogens is 2. The van der Waals surface area contributed by atoms with Crippen molar-refractivity contribution in [2.24, 2.45) is 12.0 Å². The predicted octanol–water partition coefficient (Wildman–Crippen LogP) is 3.84. The predicted molar refractivity (Wildman–Crippen MR) is 118 cm³/mol. The number of fused-ring (bicyclic) bond motifs is 3. The van der Waals surface area contributed by atoms with Gasteiger partial charge in [-0.3, -0.25) is 9.13 Å². The van der Waals surface area contributed by atoms with Crippen molar-refractivity contribution in [1.82, 2.24) is 9.13 Å². The minimum atomic E-state index is -0.0783. The number of ether oxygens (including phenoxy) is 2. The number of hydrogen-bond acceptors (Lipinski definition) is 4. The van der Waals surface area contributed by atoms with Crippen LogP contribution in [0.25, 0.3) is 11.3 Å². The zero-order valence-electron chi connectivity index (χ0n) is 18.3. The second-order valence-electron chi connectivity index (χ2n) is 7.87. The highest BCUT2D eigenvalue weighted by atomic mass is 16.5. The summed E-state index contributed by atoms with van der Waals surface area (Å²) in [6.07, 6.45) is 0.746. The topological polar surface area (TPSA) is 57.8 Å². The number of hydrogen-bond donors (Lipinski definition) is 0. The van der Waals surface area contributed by atoms with Gasteiger partial charge in [0.1, 0.15) is 5.49 Å². The first-order valence-electron chi connectivity index (χ1n) is 10.0. The summed E-state index contributed by atoms with van der Waals surface area (Å²) in [4.78, 5) is 18.2. The first-order valence-corrected chi connectivity index (χ1v) is 10.0. The van der Waals surface area contributed by atoms with E-state index in [1.165, 1.54) is 0 Å². The van der Waals surface area contributed by atoms with E-state index in [-0.39, 0.29) is 11.7 Å². The largest absolute Gasteiger partial charge is 0.493 e. The van der Waals surface area contributed by atoms with Crippen molar-refractivity contribution in [2.45, 2.75) is 33.2 Å². The molecule has 0 spiro atoms. The van der Waals surface area contributed by atoms with Gasteiger partial charge in [-0.25, -0.2) is 9.79 Å². The molecule has 0 saturated heterocycles. The van der Waals surface area contributed by atoms with Crippen molar-refractivity contribution in [1.29, 1.82) is 0 Å². The van der Waals surface area contributed by atoms with E-state index < -0.39 is 0 Å². The average molecular weight is 405 g/mol. The second-order valence-corrected chi connectivity index (χ2v) is 7.87. The van der Waals surface area contributed by atoms with Crippen molar-refractivity contribution >= 4 is 5.69 Å². The maximum absolute atomic E-state index is 13.3. The average Bonchev–Trinajstić information content (AvgIpc) is 2.72. The molecule has 0 bridgehead atoms. The summed E-state index contributed by atoms with van der Waals surface area (Å²) in [5.74, 6) is 1.34.